The number of aromatic hydroxyl groups is 1. The van der Waals surface area contributed by atoms with Crippen molar-refractivity contribution in [2.75, 3.05) is 11.7 Å². The van der Waals surface area contributed by atoms with E-state index in [1.54, 1.807) is 24.3 Å². The third-order valence-corrected chi connectivity index (χ3v) is 8.02. The minimum absolute atomic E-state index is 0.345. The summed E-state index contributed by atoms with van der Waals surface area (Å²) in [6.45, 7) is 0.299. The van der Waals surface area contributed by atoms with Gasteiger partial charge in [-0.15, -0.1) is 11.8 Å². The molecule has 0 unspecified atom stereocenters. The lowest BCUT2D eigenvalue weighted by Gasteiger charge is -2.46. The molecule has 0 aliphatic carbocycles. The molecule has 36 heavy (non-hydrogen) atoms. The van der Waals surface area contributed by atoms with E-state index in [0.29, 0.717) is 37.3 Å². The first-order chi connectivity index (χ1) is 17.0. The van der Waals surface area contributed by atoms with Crippen LogP contribution in [0.3, 0.4) is 0 Å². The minimum atomic E-state index is -4.77. The lowest BCUT2D eigenvalue weighted by Crippen LogP contribution is -2.60. The van der Waals surface area contributed by atoms with Gasteiger partial charge in [0.2, 0.25) is 5.43 Å². The smallest absolute Gasteiger partial charge is 0.408 e. The van der Waals surface area contributed by atoms with E-state index in [0.717, 1.165) is 13.0 Å². The van der Waals surface area contributed by atoms with Gasteiger partial charge in [-0.25, -0.2) is 4.39 Å². The van der Waals surface area contributed by atoms with Gasteiger partial charge in [0.05, 0.1) is 11.1 Å². The van der Waals surface area contributed by atoms with E-state index in [2.05, 4.69) is 0 Å². The van der Waals surface area contributed by atoms with Crippen molar-refractivity contribution in [1.29, 1.82) is 0 Å². The molecule has 2 aromatic carbocycles. The van der Waals surface area contributed by atoms with Gasteiger partial charge < -0.3 is 10.0 Å². The Morgan fingerprint density at radius 3 is 2.61 bits per heavy atom. The van der Waals surface area contributed by atoms with E-state index in [1.165, 1.54) is 39.8 Å². The zero-order valence-corrected chi connectivity index (χ0v) is 20.2. The fourth-order valence-electron chi connectivity index (χ4n) is 4.53. The number of benzene rings is 2. The number of hydrogen-bond donors (Lipinski definition) is 1. The lowest BCUT2D eigenvalue weighted by atomic mass is 9.94. The topological polar surface area (TPSA) is 65.8 Å². The van der Waals surface area contributed by atoms with Gasteiger partial charge >= 0.3 is 6.18 Å². The number of carbonyl (C=O) groups is 1. The summed E-state index contributed by atoms with van der Waals surface area (Å²) in [5, 5.41) is 12.3. The van der Waals surface area contributed by atoms with Crippen molar-refractivity contribution in [2.45, 2.75) is 35.8 Å². The maximum absolute atomic E-state index is 14.2. The predicted octanol–water partition coefficient (Wildman–Crippen LogP) is 5.04. The van der Waals surface area contributed by atoms with Crippen molar-refractivity contribution in [1.82, 2.24) is 9.58 Å². The Balaban J connectivity index is 1.80. The third kappa shape index (κ3) is 3.90. The van der Waals surface area contributed by atoms with Crippen LogP contribution in [0.15, 0.2) is 58.4 Å². The maximum Gasteiger partial charge on any atom is 0.408 e. The second-order valence-electron chi connectivity index (χ2n) is 8.49. The van der Waals surface area contributed by atoms with Crippen molar-refractivity contribution in [3.8, 4) is 5.75 Å². The van der Waals surface area contributed by atoms with Crippen LogP contribution in [0.2, 0.25) is 5.02 Å². The second-order valence-corrected chi connectivity index (χ2v) is 9.88. The second kappa shape index (κ2) is 8.74. The fraction of sp³-hybridized carbons (Fsp3) is 0.250. The SMILES string of the molecule is C[C@@H](N1CN([C@@H]2c3ccc(F)cc3CSc3c(Cl)cccc32)n2ccc(=O)c(O)c2C1=O)C(F)(F)F. The van der Waals surface area contributed by atoms with Crippen LogP contribution < -0.4 is 10.4 Å². The summed E-state index contributed by atoms with van der Waals surface area (Å²) in [5.41, 5.74) is 0.308. The van der Waals surface area contributed by atoms with E-state index in [-0.39, 0.29) is 0 Å². The number of aromatic nitrogens is 1. The highest BCUT2D eigenvalue weighted by Gasteiger charge is 2.47. The monoisotopic (exact) mass is 539 g/mol. The summed E-state index contributed by atoms with van der Waals surface area (Å²) in [5.74, 6) is -2.23. The molecular formula is C24H18ClF4N3O3S. The van der Waals surface area contributed by atoms with E-state index in [9.17, 15) is 32.3 Å². The van der Waals surface area contributed by atoms with Crippen molar-refractivity contribution < 1.29 is 27.5 Å². The van der Waals surface area contributed by atoms with Crippen molar-refractivity contribution in [2.24, 2.45) is 0 Å². The Kier molecular flexibility index (Phi) is 5.95. The number of nitrogens with zero attached hydrogens (tertiary/aromatic N) is 3. The Labute approximate surface area is 211 Å². The van der Waals surface area contributed by atoms with Crippen LogP contribution in [0, 0.1) is 5.82 Å². The maximum atomic E-state index is 14.2. The standard InChI is InChI=1S/C24H18ClF4N3O3S/c1-12(24(27,28)29)30-11-32(31-8-7-18(33)21(34)20(31)23(30)35)19-15-6-5-14(26)9-13(15)10-36-22-16(19)3-2-4-17(22)25/h2-9,12,19,34H,10-11H2,1H3/t12-,19-/m1/s1. The molecule has 2 atom stereocenters. The highest BCUT2D eigenvalue weighted by atomic mass is 35.5. The zero-order chi connectivity index (χ0) is 25.9. The molecule has 12 heteroatoms. The molecule has 1 N–H and O–H groups in total. The Bertz CT molecular complexity index is 1450. The van der Waals surface area contributed by atoms with Crippen LogP contribution in [0.4, 0.5) is 17.6 Å². The summed E-state index contributed by atoms with van der Waals surface area (Å²) in [6.07, 6.45) is -3.54. The summed E-state index contributed by atoms with van der Waals surface area (Å²) in [6, 6.07) is 7.25. The van der Waals surface area contributed by atoms with Gasteiger partial charge in [0, 0.05) is 22.9 Å². The molecule has 0 saturated heterocycles. The molecule has 1 amide bonds. The van der Waals surface area contributed by atoms with Gasteiger partial charge in [0.15, 0.2) is 11.4 Å². The lowest BCUT2D eigenvalue weighted by molar-refractivity contribution is -0.173. The number of rotatable bonds is 2. The van der Waals surface area contributed by atoms with Crippen LogP contribution >= 0.6 is 23.4 Å². The predicted molar refractivity (Wildman–Crippen MR) is 126 cm³/mol. The molecule has 188 valence electrons. The van der Waals surface area contributed by atoms with Crippen LogP contribution in [-0.2, 0) is 5.75 Å². The molecule has 0 fully saturated rings. The van der Waals surface area contributed by atoms with Crippen molar-refractivity contribution >= 4 is 29.3 Å². The number of thioether (sulfide) groups is 1. The summed E-state index contributed by atoms with van der Waals surface area (Å²) in [7, 11) is 0. The molecule has 5 rings (SSSR count). The van der Waals surface area contributed by atoms with E-state index in [4.69, 9.17) is 11.6 Å². The van der Waals surface area contributed by atoms with E-state index >= 15 is 0 Å². The molecule has 6 nitrogen and oxygen atoms in total. The number of carbonyl (C=O) groups excluding carboxylic acids is 1. The minimum Gasteiger partial charge on any atom is -0.502 e. The third-order valence-electron chi connectivity index (χ3n) is 6.39. The first kappa shape index (κ1) is 24.5. The molecule has 1 aromatic heterocycles. The average Bonchev–Trinajstić information content (AvgIpc) is 2.98. The molecule has 0 bridgehead atoms. The first-order valence-electron chi connectivity index (χ1n) is 10.8. The molecule has 0 spiro atoms. The number of pyridine rings is 1. The van der Waals surface area contributed by atoms with E-state index in [1.807, 2.05) is 0 Å². The Morgan fingerprint density at radius 1 is 1.14 bits per heavy atom. The first-order valence-corrected chi connectivity index (χ1v) is 12.1. The molecule has 0 saturated carbocycles. The van der Waals surface area contributed by atoms with Gasteiger partial charge in [0.1, 0.15) is 18.5 Å². The quantitative estimate of drug-likeness (QED) is 0.462. The van der Waals surface area contributed by atoms with Gasteiger partial charge in [0.25, 0.3) is 5.91 Å². The number of fused-ring (bicyclic) bond motifs is 3. The molecule has 3 aromatic rings. The van der Waals surface area contributed by atoms with Crippen LogP contribution in [0.1, 0.15) is 40.1 Å². The zero-order valence-electron chi connectivity index (χ0n) is 18.6. The van der Waals surface area contributed by atoms with E-state index < -0.39 is 53.5 Å². The number of amides is 1. The number of alkyl halides is 3. The highest BCUT2D eigenvalue weighted by molar-refractivity contribution is 7.98. The van der Waals surface area contributed by atoms with Gasteiger partial charge in [-0.05, 0) is 41.8 Å². The van der Waals surface area contributed by atoms with Crippen LogP contribution in [-0.4, -0.2) is 39.5 Å². The molecule has 2 aliphatic rings. The number of hydrogen-bond acceptors (Lipinski definition) is 5. The molecular weight excluding hydrogens is 522 g/mol. The molecule has 3 heterocycles. The summed E-state index contributed by atoms with van der Waals surface area (Å²) in [4.78, 5) is 26.6. The number of halogens is 5. The normalized spacial score (nSPS) is 18.3. The average molecular weight is 540 g/mol. The molecule has 2 aliphatic heterocycles. The van der Waals surface area contributed by atoms with Crippen LogP contribution in [0.5, 0.6) is 5.75 Å². The summed E-state index contributed by atoms with van der Waals surface area (Å²) >= 11 is 7.85. The van der Waals surface area contributed by atoms with Crippen LogP contribution in [0.25, 0.3) is 0 Å². The van der Waals surface area contributed by atoms with Gasteiger partial charge in [-0.2, -0.15) is 13.2 Å². The molecule has 0 radical (unpaired) electrons. The van der Waals surface area contributed by atoms with Crippen molar-refractivity contribution in [3.63, 3.8) is 0 Å². The van der Waals surface area contributed by atoms with Gasteiger partial charge in [-0.1, -0.05) is 29.8 Å². The fourth-order valence-corrected chi connectivity index (χ4v) is 5.98. The highest BCUT2D eigenvalue weighted by Crippen LogP contribution is 2.46. The Hall–Kier alpha value is -3.18. The van der Waals surface area contributed by atoms with Gasteiger partial charge in [-0.3, -0.25) is 19.3 Å². The Morgan fingerprint density at radius 2 is 1.89 bits per heavy atom. The van der Waals surface area contributed by atoms with Crippen molar-refractivity contribution in [3.05, 3.63) is 92.1 Å². The summed E-state index contributed by atoms with van der Waals surface area (Å²) < 4.78 is 56.7. The largest absolute Gasteiger partial charge is 0.502 e.